The van der Waals surface area contributed by atoms with Crippen LogP contribution in [0.2, 0.25) is 0 Å². The number of nitrogens with zero attached hydrogens (tertiary/aromatic N) is 1. The number of hydrogen-bond acceptors (Lipinski definition) is 2. The molecule has 2 amide bonds. The molecule has 4 nitrogen and oxygen atoms in total. The zero-order valence-corrected chi connectivity index (χ0v) is 15.1. The van der Waals surface area contributed by atoms with E-state index in [1.54, 1.807) is 11.8 Å². The quantitative estimate of drug-likeness (QED) is 0.793. The summed E-state index contributed by atoms with van der Waals surface area (Å²) in [7, 11) is 0. The molecule has 0 spiro atoms. The number of para-hydroxylation sites is 1. The minimum atomic E-state index is 0.00371. The van der Waals surface area contributed by atoms with Crippen LogP contribution < -0.4 is 10.2 Å². The van der Waals surface area contributed by atoms with E-state index < -0.39 is 0 Å². The van der Waals surface area contributed by atoms with Gasteiger partial charge in [-0.25, -0.2) is 0 Å². The maximum atomic E-state index is 12.1. The smallest absolute Gasteiger partial charge is 0.223 e. The van der Waals surface area contributed by atoms with E-state index in [2.05, 4.69) is 32.2 Å². The molecule has 0 aliphatic carbocycles. The maximum absolute atomic E-state index is 12.1. The summed E-state index contributed by atoms with van der Waals surface area (Å²) in [4.78, 5) is 25.6. The summed E-state index contributed by atoms with van der Waals surface area (Å²) in [5, 5.41) is 2.91. The van der Waals surface area contributed by atoms with Gasteiger partial charge in [-0.05, 0) is 30.4 Å². The van der Waals surface area contributed by atoms with Crippen LogP contribution in [0.25, 0.3) is 0 Å². The first kappa shape index (κ1) is 19.2. The minimum absolute atomic E-state index is 0.00371. The number of hydrogen-bond donors (Lipinski definition) is 1. The zero-order chi connectivity index (χ0) is 17.4. The molecule has 0 atom stereocenters. The lowest BCUT2D eigenvalue weighted by atomic mass is 9.97. The van der Waals surface area contributed by atoms with Gasteiger partial charge >= 0.3 is 0 Å². The van der Waals surface area contributed by atoms with Gasteiger partial charge in [0.1, 0.15) is 0 Å². The van der Waals surface area contributed by atoms with Crippen molar-refractivity contribution in [3.05, 3.63) is 29.3 Å². The average molecular weight is 318 g/mol. The number of carbonyl (C=O) groups is 2. The van der Waals surface area contributed by atoms with Gasteiger partial charge in [-0.3, -0.25) is 9.59 Å². The molecule has 0 saturated heterocycles. The third-order valence-electron chi connectivity index (χ3n) is 3.96. The molecule has 0 unspecified atom stereocenters. The van der Waals surface area contributed by atoms with Crippen LogP contribution in [0, 0.1) is 6.92 Å². The Morgan fingerprint density at radius 2 is 1.96 bits per heavy atom. The van der Waals surface area contributed by atoms with E-state index in [4.69, 9.17) is 0 Å². The molecule has 23 heavy (non-hydrogen) atoms. The standard InChI is InChI=1S/C19H30N2O2/c1-6-7-11-18(23)20-12-13-21(16(5)22)19-15(4)9-8-10-17(19)14(2)3/h8-10,14H,6-7,11-13H2,1-5H3,(H,20,23). The molecule has 4 heteroatoms. The van der Waals surface area contributed by atoms with Gasteiger partial charge in [-0.15, -0.1) is 0 Å². The lowest BCUT2D eigenvalue weighted by molar-refractivity contribution is -0.121. The van der Waals surface area contributed by atoms with Crippen LogP contribution >= 0.6 is 0 Å². The van der Waals surface area contributed by atoms with Crippen LogP contribution in [0.1, 0.15) is 64.0 Å². The topological polar surface area (TPSA) is 49.4 Å². The van der Waals surface area contributed by atoms with E-state index in [0.717, 1.165) is 29.7 Å². The first-order valence-corrected chi connectivity index (χ1v) is 8.52. The Hall–Kier alpha value is -1.84. The fraction of sp³-hybridized carbons (Fsp3) is 0.579. The fourth-order valence-corrected chi connectivity index (χ4v) is 2.68. The van der Waals surface area contributed by atoms with Gasteiger partial charge in [-0.1, -0.05) is 45.4 Å². The summed E-state index contributed by atoms with van der Waals surface area (Å²) in [6.45, 7) is 10.9. The van der Waals surface area contributed by atoms with Crippen molar-refractivity contribution in [1.29, 1.82) is 0 Å². The first-order valence-electron chi connectivity index (χ1n) is 8.52. The molecule has 1 N–H and O–H groups in total. The van der Waals surface area contributed by atoms with Gasteiger partial charge in [0, 0.05) is 26.4 Å². The number of carbonyl (C=O) groups excluding carboxylic acids is 2. The second kappa shape index (κ2) is 9.33. The Balaban J connectivity index is 2.84. The Labute approximate surface area is 140 Å². The number of unbranched alkanes of at least 4 members (excludes halogenated alkanes) is 1. The molecule has 0 aromatic heterocycles. The van der Waals surface area contributed by atoms with Crippen molar-refractivity contribution in [3.8, 4) is 0 Å². The molecule has 0 heterocycles. The van der Waals surface area contributed by atoms with Crippen molar-refractivity contribution in [1.82, 2.24) is 5.32 Å². The monoisotopic (exact) mass is 318 g/mol. The summed E-state index contributed by atoms with van der Waals surface area (Å²) in [6, 6.07) is 6.12. The van der Waals surface area contributed by atoms with Crippen molar-refractivity contribution >= 4 is 17.5 Å². The minimum Gasteiger partial charge on any atom is -0.354 e. The molecular formula is C19H30N2O2. The predicted molar refractivity (Wildman–Crippen MR) is 95.8 cm³/mol. The Morgan fingerprint density at radius 1 is 1.26 bits per heavy atom. The highest BCUT2D eigenvalue weighted by molar-refractivity contribution is 5.93. The van der Waals surface area contributed by atoms with Gasteiger partial charge in [0.05, 0.1) is 5.69 Å². The molecule has 0 aliphatic rings. The Morgan fingerprint density at radius 3 is 2.52 bits per heavy atom. The molecule has 0 saturated carbocycles. The lowest BCUT2D eigenvalue weighted by Crippen LogP contribution is -2.38. The molecule has 0 radical (unpaired) electrons. The van der Waals surface area contributed by atoms with Crippen LogP contribution in [-0.2, 0) is 9.59 Å². The van der Waals surface area contributed by atoms with Crippen molar-refractivity contribution in [3.63, 3.8) is 0 Å². The number of rotatable bonds is 8. The predicted octanol–water partition coefficient (Wildman–Crippen LogP) is 3.78. The maximum Gasteiger partial charge on any atom is 0.223 e. The van der Waals surface area contributed by atoms with E-state index >= 15 is 0 Å². The molecule has 128 valence electrons. The van der Waals surface area contributed by atoms with Crippen molar-refractivity contribution in [2.24, 2.45) is 0 Å². The van der Waals surface area contributed by atoms with E-state index in [9.17, 15) is 9.59 Å². The number of anilines is 1. The van der Waals surface area contributed by atoms with Crippen molar-refractivity contribution < 1.29 is 9.59 Å². The number of amides is 2. The lowest BCUT2D eigenvalue weighted by Gasteiger charge is -2.27. The number of benzene rings is 1. The third kappa shape index (κ3) is 5.70. The van der Waals surface area contributed by atoms with Crippen LogP contribution in [0.3, 0.4) is 0 Å². The summed E-state index contributed by atoms with van der Waals surface area (Å²) >= 11 is 0. The molecule has 0 aliphatic heterocycles. The SMILES string of the molecule is CCCCC(=O)NCCN(C(C)=O)c1c(C)cccc1C(C)C. The molecule has 1 rings (SSSR count). The second-order valence-corrected chi connectivity index (χ2v) is 6.29. The summed E-state index contributed by atoms with van der Waals surface area (Å²) < 4.78 is 0. The largest absolute Gasteiger partial charge is 0.354 e. The van der Waals surface area contributed by atoms with Crippen LogP contribution in [-0.4, -0.2) is 24.9 Å². The summed E-state index contributed by atoms with van der Waals surface area (Å²) in [5.41, 5.74) is 3.24. The van der Waals surface area contributed by atoms with E-state index in [-0.39, 0.29) is 11.8 Å². The van der Waals surface area contributed by atoms with Gasteiger partial charge in [0.25, 0.3) is 0 Å². The van der Waals surface area contributed by atoms with Crippen molar-refractivity contribution in [2.75, 3.05) is 18.0 Å². The number of nitrogens with one attached hydrogen (secondary N) is 1. The van der Waals surface area contributed by atoms with Crippen LogP contribution in [0.15, 0.2) is 18.2 Å². The number of aryl methyl sites for hydroxylation is 1. The van der Waals surface area contributed by atoms with E-state index in [1.807, 2.05) is 19.1 Å². The van der Waals surface area contributed by atoms with E-state index in [0.29, 0.717) is 25.4 Å². The van der Waals surface area contributed by atoms with Gasteiger partial charge in [-0.2, -0.15) is 0 Å². The normalized spacial score (nSPS) is 10.7. The van der Waals surface area contributed by atoms with Gasteiger partial charge in [0.2, 0.25) is 11.8 Å². The Kier molecular flexibility index (Phi) is 7.79. The van der Waals surface area contributed by atoms with E-state index in [1.165, 1.54) is 0 Å². The molecule has 1 aromatic carbocycles. The first-order chi connectivity index (χ1) is 10.9. The zero-order valence-electron chi connectivity index (χ0n) is 15.1. The second-order valence-electron chi connectivity index (χ2n) is 6.29. The highest BCUT2D eigenvalue weighted by Gasteiger charge is 2.19. The third-order valence-corrected chi connectivity index (χ3v) is 3.96. The highest BCUT2D eigenvalue weighted by Crippen LogP contribution is 2.30. The van der Waals surface area contributed by atoms with Crippen LogP contribution in [0.5, 0.6) is 0 Å². The van der Waals surface area contributed by atoms with Crippen molar-refractivity contribution in [2.45, 2.75) is 59.8 Å². The fourth-order valence-electron chi connectivity index (χ4n) is 2.68. The Bertz CT molecular complexity index is 538. The summed E-state index contributed by atoms with van der Waals surface area (Å²) in [6.07, 6.45) is 2.46. The average Bonchev–Trinajstić information content (AvgIpc) is 2.49. The molecular weight excluding hydrogens is 288 g/mol. The van der Waals surface area contributed by atoms with Gasteiger partial charge < -0.3 is 10.2 Å². The molecule has 0 fully saturated rings. The van der Waals surface area contributed by atoms with Gasteiger partial charge in [0.15, 0.2) is 0 Å². The highest BCUT2D eigenvalue weighted by atomic mass is 16.2. The molecule has 0 bridgehead atoms. The van der Waals surface area contributed by atoms with Crippen LogP contribution in [0.4, 0.5) is 5.69 Å². The summed E-state index contributed by atoms with van der Waals surface area (Å²) in [5.74, 6) is 0.402. The molecule has 1 aromatic rings.